The fourth-order valence-electron chi connectivity index (χ4n) is 2.65. The second kappa shape index (κ2) is 9.08. The fraction of sp³-hybridized carbons (Fsp3) is 0.588. The number of carbonyl (C=O) groups is 1. The fourth-order valence-corrected chi connectivity index (χ4v) is 3.04. The first kappa shape index (κ1) is 16.3. The lowest BCUT2D eigenvalue weighted by atomic mass is 10.1. The van der Waals surface area contributed by atoms with Crippen molar-refractivity contribution < 1.29 is 9.53 Å². The molecule has 0 spiro atoms. The van der Waals surface area contributed by atoms with Crippen molar-refractivity contribution in [1.82, 2.24) is 0 Å². The van der Waals surface area contributed by atoms with E-state index in [0.717, 1.165) is 29.7 Å². The van der Waals surface area contributed by atoms with Gasteiger partial charge in [0.15, 0.2) is 6.61 Å². The number of amides is 1. The number of carbonyl (C=O) groups excluding carboxylic acids is 1. The van der Waals surface area contributed by atoms with Crippen LogP contribution in [0.5, 0.6) is 5.75 Å². The second-order valence-electron chi connectivity index (χ2n) is 5.47. The number of unbranched alkanes of at least 4 members (excludes halogenated alkanes) is 6. The lowest BCUT2D eigenvalue weighted by Crippen LogP contribution is -2.39. The Balaban J connectivity index is 1.70. The molecule has 0 atom stereocenters. The molecule has 3 nitrogen and oxygen atoms in total. The lowest BCUT2D eigenvalue weighted by molar-refractivity contribution is -0.121. The molecule has 1 aromatic rings. The zero-order chi connectivity index (χ0) is 14.9. The molecule has 116 valence electrons. The summed E-state index contributed by atoms with van der Waals surface area (Å²) in [6.07, 6.45) is 8.76. The topological polar surface area (TPSA) is 29.5 Å². The molecule has 0 saturated heterocycles. The lowest BCUT2D eigenvalue weighted by Gasteiger charge is -2.29. The van der Waals surface area contributed by atoms with Gasteiger partial charge in [-0.15, -0.1) is 0 Å². The molecule has 4 heteroatoms. The Morgan fingerprint density at radius 1 is 1.00 bits per heavy atom. The largest absolute Gasteiger partial charge is 0.482 e. The Morgan fingerprint density at radius 2 is 1.67 bits per heavy atom. The van der Waals surface area contributed by atoms with Gasteiger partial charge in [0.25, 0.3) is 5.91 Å². The van der Waals surface area contributed by atoms with E-state index < -0.39 is 0 Å². The van der Waals surface area contributed by atoms with Crippen molar-refractivity contribution in [3.8, 4) is 5.75 Å². The summed E-state index contributed by atoms with van der Waals surface area (Å²) in [5.74, 6) is 0.901. The van der Waals surface area contributed by atoms with Gasteiger partial charge in [-0.25, -0.2) is 0 Å². The third kappa shape index (κ3) is 5.03. The number of hydrogen-bond donors (Lipinski definition) is 0. The van der Waals surface area contributed by atoms with Gasteiger partial charge in [0.2, 0.25) is 0 Å². The maximum atomic E-state index is 12.0. The first-order chi connectivity index (χ1) is 10.3. The van der Waals surface area contributed by atoms with Crippen LogP contribution in [0.1, 0.15) is 44.9 Å². The second-order valence-corrected chi connectivity index (χ2v) is 6.26. The average Bonchev–Trinajstić information content (AvgIpc) is 2.51. The molecule has 2 rings (SSSR count). The first-order valence-electron chi connectivity index (χ1n) is 7.91. The molecule has 0 N–H and O–H groups in total. The summed E-state index contributed by atoms with van der Waals surface area (Å²) in [5, 5.41) is 1.12. The highest BCUT2D eigenvalue weighted by Gasteiger charge is 2.24. The van der Waals surface area contributed by atoms with Gasteiger partial charge in [-0.2, -0.15) is 0 Å². The van der Waals surface area contributed by atoms with Crippen LogP contribution in [0, 0.1) is 0 Å². The maximum absolute atomic E-state index is 12.0. The molecule has 1 heterocycles. The third-order valence-corrected chi connectivity index (χ3v) is 4.38. The maximum Gasteiger partial charge on any atom is 0.265 e. The number of benzene rings is 1. The van der Waals surface area contributed by atoms with E-state index in [1.165, 1.54) is 38.5 Å². The SMILES string of the molecule is O=C1COc2ccccc2N1CCCCCCCCCBr. The van der Waals surface area contributed by atoms with Crippen LogP contribution < -0.4 is 9.64 Å². The molecule has 1 amide bonds. The molecule has 1 aliphatic heterocycles. The highest BCUT2D eigenvalue weighted by atomic mass is 79.9. The third-order valence-electron chi connectivity index (χ3n) is 3.82. The van der Waals surface area contributed by atoms with Crippen LogP contribution in [0.25, 0.3) is 0 Å². The molecular weight excluding hydrogens is 330 g/mol. The van der Waals surface area contributed by atoms with E-state index >= 15 is 0 Å². The number of halogens is 1. The predicted octanol–water partition coefficient (Wildman–Crippen LogP) is 4.54. The van der Waals surface area contributed by atoms with Crippen LogP contribution in [-0.2, 0) is 4.79 Å². The zero-order valence-corrected chi connectivity index (χ0v) is 14.1. The van der Waals surface area contributed by atoms with Crippen molar-refractivity contribution in [2.45, 2.75) is 44.9 Å². The van der Waals surface area contributed by atoms with E-state index in [-0.39, 0.29) is 12.5 Å². The van der Waals surface area contributed by atoms with E-state index in [2.05, 4.69) is 15.9 Å². The van der Waals surface area contributed by atoms with Crippen LogP contribution >= 0.6 is 15.9 Å². The van der Waals surface area contributed by atoms with Gasteiger partial charge >= 0.3 is 0 Å². The Morgan fingerprint density at radius 3 is 2.43 bits per heavy atom. The van der Waals surface area contributed by atoms with Crippen molar-refractivity contribution in [1.29, 1.82) is 0 Å². The van der Waals surface area contributed by atoms with Crippen LogP contribution in [0.2, 0.25) is 0 Å². The number of anilines is 1. The molecular formula is C17H24BrNO2. The van der Waals surface area contributed by atoms with Crippen molar-refractivity contribution in [2.24, 2.45) is 0 Å². The van der Waals surface area contributed by atoms with Crippen molar-refractivity contribution in [2.75, 3.05) is 23.4 Å². The van der Waals surface area contributed by atoms with Crippen LogP contribution in [0.3, 0.4) is 0 Å². The number of nitrogens with zero attached hydrogens (tertiary/aromatic N) is 1. The first-order valence-corrected chi connectivity index (χ1v) is 9.03. The van der Waals surface area contributed by atoms with Gasteiger partial charge in [0, 0.05) is 11.9 Å². The van der Waals surface area contributed by atoms with Crippen molar-refractivity contribution in [3.63, 3.8) is 0 Å². The molecule has 1 aromatic carbocycles. The van der Waals surface area contributed by atoms with Crippen LogP contribution in [-0.4, -0.2) is 24.4 Å². The smallest absolute Gasteiger partial charge is 0.265 e. The van der Waals surface area contributed by atoms with Crippen molar-refractivity contribution in [3.05, 3.63) is 24.3 Å². The van der Waals surface area contributed by atoms with Gasteiger partial charge in [-0.3, -0.25) is 4.79 Å². The number of ether oxygens (including phenoxy) is 1. The molecule has 0 bridgehead atoms. The quantitative estimate of drug-likeness (QED) is 0.481. The normalized spacial score (nSPS) is 14.0. The standard InChI is InChI=1S/C17H24BrNO2/c18-12-8-4-2-1-3-5-9-13-19-15-10-6-7-11-16(15)21-14-17(19)20/h6-7,10-11H,1-5,8-9,12-14H2. The van der Waals surface area contributed by atoms with E-state index in [1.807, 2.05) is 29.2 Å². The Labute approximate surface area is 135 Å². The predicted molar refractivity (Wildman–Crippen MR) is 90.4 cm³/mol. The number of rotatable bonds is 9. The van der Waals surface area contributed by atoms with E-state index in [1.54, 1.807) is 0 Å². The molecule has 0 fully saturated rings. The van der Waals surface area contributed by atoms with E-state index in [9.17, 15) is 4.79 Å². The average molecular weight is 354 g/mol. The monoisotopic (exact) mass is 353 g/mol. The molecule has 0 radical (unpaired) electrons. The minimum Gasteiger partial charge on any atom is -0.482 e. The Kier molecular flexibility index (Phi) is 7.07. The molecule has 0 unspecified atom stereocenters. The minimum atomic E-state index is 0.0750. The molecule has 0 saturated carbocycles. The Bertz CT molecular complexity index is 450. The highest BCUT2D eigenvalue weighted by molar-refractivity contribution is 9.09. The van der Waals surface area contributed by atoms with Crippen LogP contribution in [0.15, 0.2) is 24.3 Å². The highest BCUT2D eigenvalue weighted by Crippen LogP contribution is 2.31. The molecule has 0 aliphatic carbocycles. The Hall–Kier alpha value is -1.03. The number of hydrogen-bond acceptors (Lipinski definition) is 2. The summed E-state index contributed by atoms with van der Waals surface area (Å²) in [4.78, 5) is 13.9. The summed E-state index contributed by atoms with van der Waals surface area (Å²) in [6, 6.07) is 7.79. The summed E-state index contributed by atoms with van der Waals surface area (Å²) in [7, 11) is 0. The number of para-hydroxylation sites is 2. The number of fused-ring (bicyclic) bond motifs is 1. The summed E-state index contributed by atoms with van der Waals surface area (Å²) in [6.45, 7) is 0.976. The van der Waals surface area contributed by atoms with Gasteiger partial charge in [-0.05, 0) is 25.0 Å². The van der Waals surface area contributed by atoms with Gasteiger partial charge in [0.05, 0.1) is 5.69 Å². The summed E-state index contributed by atoms with van der Waals surface area (Å²) in [5.41, 5.74) is 0.922. The van der Waals surface area contributed by atoms with Gasteiger partial charge in [-0.1, -0.05) is 60.2 Å². The number of alkyl halides is 1. The van der Waals surface area contributed by atoms with Crippen molar-refractivity contribution >= 4 is 27.5 Å². The van der Waals surface area contributed by atoms with Gasteiger partial charge in [0.1, 0.15) is 5.75 Å². The van der Waals surface area contributed by atoms with E-state index in [4.69, 9.17) is 4.74 Å². The van der Waals surface area contributed by atoms with E-state index in [0.29, 0.717) is 0 Å². The molecule has 21 heavy (non-hydrogen) atoms. The molecule has 0 aromatic heterocycles. The summed E-state index contributed by atoms with van der Waals surface area (Å²) < 4.78 is 5.45. The zero-order valence-electron chi connectivity index (χ0n) is 12.5. The summed E-state index contributed by atoms with van der Waals surface area (Å²) >= 11 is 3.46. The minimum absolute atomic E-state index is 0.0750. The van der Waals surface area contributed by atoms with Gasteiger partial charge < -0.3 is 9.64 Å². The van der Waals surface area contributed by atoms with Crippen LogP contribution in [0.4, 0.5) is 5.69 Å². The molecule has 1 aliphatic rings.